The van der Waals surface area contributed by atoms with Gasteiger partial charge in [-0.2, -0.15) is 0 Å². The molecular formula is C25H34N6O7. The van der Waals surface area contributed by atoms with Gasteiger partial charge in [0.2, 0.25) is 5.96 Å². The Hall–Kier alpha value is -4.65. The molecule has 1 atom stereocenters. The summed E-state index contributed by atoms with van der Waals surface area (Å²) in [7, 11) is 0. The normalized spacial score (nSPS) is 10.7. The molecule has 0 fully saturated rings. The second-order valence-corrected chi connectivity index (χ2v) is 7.49. The standard InChI is InChI=1S/C23H26N2O5.CH6N4.CH2O2/c1-3-21-24-19-8-6-5-7-18(19)22(26)25(21)13-14-30-17-11-9-16(10-12-17)15-20(23(27)28)29-4-2;2-1(3)5-4;2-1-3/h5-12,20H,3-4,13-15H2,1-2H3,(H,27,28);4H2,(H4,2,3,5);1H,(H,2,3)/t20-;;/m1../s1. The monoisotopic (exact) mass is 530 g/mol. The van der Waals surface area contributed by atoms with E-state index >= 15 is 0 Å². The molecule has 0 saturated carbocycles. The lowest BCUT2D eigenvalue weighted by atomic mass is 10.1. The van der Waals surface area contributed by atoms with E-state index in [1.54, 1.807) is 29.7 Å². The maximum atomic E-state index is 12.8. The fraction of sp³-hybridized carbons (Fsp3) is 0.320. The fourth-order valence-electron chi connectivity index (χ4n) is 3.32. The van der Waals surface area contributed by atoms with E-state index in [4.69, 9.17) is 30.8 Å². The predicted octanol–water partition coefficient (Wildman–Crippen LogP) is 0.904. The van der Waals surface area contributed by atoms with E-state index in [1.165, 1.54) is 0 Å². The quantitative estimate of drug-likeness (QED) is 0.0815. The van der Waals surface area contributed by atoms with Crippen LogP contribution in [0.5, 0.6) is 5.75 Å². The van der Waals surface area contributed by atoms with Gasteiger partial charge in [-0.05, 0) is 36.8 Å². The molecule has 2 aromatic carbocycles. The number of carboxylic acid groups (broad SMARTS) is 2. The lowest BCUT2D eigenvalue weighted by Crippen LogP contribution is -2.27. The molecule has 13 heteroatoms. The molecule has 1 heterocycles. The topological polar surface area (TPSA) is 218 Å². The summed E-state index contributed by atoms with van der Waals surface area (Å²) >= 11 is 0. The Morgan fingerprint density at radius 1 is 1.16 bits per heavy atom. The van der Waals surface area contributed by atoms with Gasteiger partial charge in [0.1, 0.15) is 18.2 Å². The Kier molecular flexibility index (Phi) is 14.0. The minimum absolute atomic E-state index is 0.0629. The van der Waals surface area contributed by atoms with Crippen molar-refractivity contribution in [2.75, 3.05) is 13.2 Å². The number of para-hydroxylation sites is 1. The van der Waals surface area contributed by atoms with Crippen molar-refractivity contribution < 1.29 is 29.3 Å². The van der Waals surface area contributed by atoms with Crippen molar-refractivity contribution in [3.8, 4) is 5.75 Å². The van der Waals surface area contributed by atoms with Crippen molar-refractivity contribution in [3.63, 3.8) is 0 Å². The van der Waals surface area contributed by atoms with Gasteiger partial charge in [-0.15, -0.1) is 5.10 Å². The number of hydrogen-bond donors (Lipinski definition) is 5. The summed E-state index contributed by atoms with van der Waals surface area (Å²) in [4.78, 5) is 37.0. The first-order valence-corrected chi connectivity index (χ1v) is 11.6. The van der Waals surface area contributed by atoms with Crippen LogP contribution < -0.4 is 27.6 Å². The van der Waals surface area contributed by atoms with E-state index < -0.39 is 12.1 Å². The van der Waals surface area contributed by atoms with Gasteiger partial charge in [0.15, 0.2) is 6.10 Å². The van der Waals surface area contributed by atoms with Crippen LogP contribution in [0.15, 0.2) is 58.4 Å². The molecule has 1 aromatic heterocycles. The molecule has 0 spiro atoms. The number of fused-ring (bicyclic) bond motifs is 1. The molecule has 3 rings (SSSR count). The minimum atomic E-state index is -0.974. The average Bonchev–Trinajstić information content (AvgIpc) is 2.91. The highest BCUT2D eigenvalue weighted by atomic mass is 16.5. The second kappa shape index (κ2) is 16.9. The van der Waals surface area contributed by atoms with Crippen LogP contribution in [0.1, 0.15) is 25.2 Å². The summed E-state index contributed by atoms with van der Waals surface area (Å²) in [5, 5.41) is 19.5. The number of nitrogens with zero attached hydrogens (tertiary/aromatic N) is 3. The summed E-state index contributed by atoms with van der Waals surface area (Å²) in [6, 6.07) is 14.6. The molecule has 0 radical (unpaired) electrons. The number of carbonyl (C=O) groups is 2. The number of guanidine groups is 1. The number of hydrogen-bond acceptors (Lipinski definition) is 8. The third-order valence-corrected chi connectivity index (χ3v) is 4.98. The predicted molar refractivity (Wildman–Crippen MR) is 143 cm³/mol. The van der Waals surface area contributed by atoms with Crippen LogP contribution in [0.3, 0.4) is 0 Å². The number of aryl methyl sites for hydroxylation is 1. The zero-order valence-corrected chi connectivity index (χ0v) is 21.3. The Balaban J connectivity index is 0.000000794. The highest BCUT2D eigenvalue weighted by Crippen LogP contribution is 2.15. The molecule has 0 amide bonds. The Labute approximate surface area is 219 Å². The first kappa shape index (κ1) is 31.4. The first-order chi connectivity index (χ1) is 18.2. The molecule has 0 aliphatic carbocycles. The maximum absolute atomic E-state index is 12.8. The largest absolute Gasteiger partial charge is 0.492 e. The minimum Gasteiger partial charge on any atom is -0.492 e. The van der Waals surface area contributed by atoms with Gasteiger partial charge >= 0.3 is 5.97 Å². The summed E-state index contributed by atoms with van der Waals surface area (Å²) in [5.41, 5.74) is 10.9. The highest BCUT2D eigenvalue weighted by molar-refractivity contribution is 5.77. The zero-order chi connectivity index (χ0) is 28.5. The SMILES string of the molecule is CCO[C@H](Cc1ccc(OCCn2c(CC)nc3ccccc3c2=O)cc1)C(=O)O.NN=C(N)N.O=CO. The Bertz CT molecular complexity index is 1240. The maximum Gasteiger partial charge on any atom is 0.333 e. The molecule has 0 unspecified atom stereocenters. The van der Waals surface area contributed by atoms with Crippen molar-refractivity contribution in [2.45, 2.75) is 39.3 Å². The van der Waals surface area contributed by atoms with E-state index in [0.717, 1.165) is 11.4 Å². The second-order valence-electron chi connectivity index (χ2n) is 7.49. The number of aromatic nitrogens is 2. The van der Waals surface area contributed by atoms with Gasteiger partial charge in [0.25, 0.3) is 12.0 Å². The lowest BCUT2D eigenvalue weighted by Gasteiger charge is -2.14. The summed E-state index contributed by atoms with van der Waals surface area (Å²) in [5.74, 6) is 4.83. The lowest BCUT2D eigenvalue weighted by molar-refractivity contribution is -0.150. The molecule has 38 heavy (non-hydrogen) atoms. The average molecular weight is 531 g/mol. The Morgan fingerprint density at radius 3 is 2.29 bits per heavy atom. The van der Waals surface area contributed by atoms with Crippen molar-refractivity contribution in [1.29, 1.82) is 0 Å². The molecule has 13 nitrogen and oxygen atoms in total. The van der Waals surface area contributed by atoms with Crippen molar-refractivity contribution in [2.24, 2.45) is 22.4 Å². The third kappa shape index (κ3) is 10.1. The van der Waals surface area contributed by atoms with Gasteiger partial charge < -0.3 is 37.0 Å². The first-order valence-electron chi connectivity index (χ1n) is 11.6. The van der Waals surface area contributed by atoms with E-state index in [1.807, 2.05) is 37.3 Å². The summed E-state index contributed by atoms with van der Waals surface area (Å²) < 4.78 is 12.7. The molecule has 8 N–H and O–H groups in total. The van der Waals surface area contributed by atoms with E-state index in [0.29, 0.717) is 49.3 Å². The molecule has 206 valence electrons. The van der Waals surface area contributed by atoms with E-state index in [2.05, 4.69) is 15.9 Å². The van der Waals surface area contributed by atoms with Gasteiger partial charge in [0, 0.05) is 19.4 Å². The number of benzene rings is 2. The van der Waals surface area contributed by atoms with Crippen molar-refractivity contribution in [3.05, 3.63) is 70.3 Å². The molecule has 3 aromatic rings. The molecular weight excluding hydrogens is 496 g/mol. The van der Waals surface area contributed by atoms with Crippen LogP contribution in [-0.2, 0) is 33.7 Å². The number of hydrazone groups is 1. The Morgan fingerprint density at radius 2 is 1.76 bits per heavy atom. The van der Waals surface area contributed by atoms with Crippen LogP contribution in [0, 0.1) is 0 Å². The van der Waals surface area contributed by atoms with Crippen molar-refractivity contribution >= 4 is 29.3 Å². The number of rotatable bonds is 10. The van der Waals surface area contributed by atoms with Crippen LogP contribution >= 0.6 is 0 Å². The zero-order valence-electron chi connectivity index (χ0n) is 21.3. The molecule has 0 aliphatic heterocycles. The van der Waals surface area contributed by atoms with Crippen LogP contribution in [0.25, 0.3) is 10.9 Å². The number of aliphatic carboxylic acids is 1. The summed E-state index contributed by atoms with van der Waals surface area (Å²) in [6.45, 7) is 4.56. The van der Waals surface area contributed by atoms with Gasteiger partial charge in [-0.25, -0.2) is 9.78 Å². The van der Waals surface area contributed by atoms with E-state index in [-0.39, 0.29) is 18.0 Å². The van der Waals surface area contributed by atoms with Gasteiger partial charge in [-0.3, -0.25) is 14.2 Å². The molecule has 0 saturated heterocycles. The number of carboxylic acids is 1. The third-order valence-electron chi connectivity index (χ3n) is 4.98. The number of nitrogens with two attached hydrogens (primary N) is 3. The molecule has 0 aliphatic rings. The van der Waals surface area contributed by atoms with Crippen molar-refractivity contribution in [1.82, 2.24) is 9.55 Å². The van der Waals surface area contributed by atoms with E-state index in [9.17, 15) is 14.7 Å². The highest BCUT2D eigenvalue weighted by Gasteiger charge is 2.17. The van der Waals surface area contributed by atoms with Crippen LogP contribution in [-0.4, -0.2) is 57.5 Å². The molecule has 0 bridgehead atoms. The van der Waals surface area contributed by atoms with Gasteiger partial charge in [0.05, 0.1) is 17.4 Å². The summed E-state index contributed by atoms with van der Waals surface area (Å²) in [6.07, 6.45) is 0.0855. The smallest absolute Gasteiger partial charge is 0.333 e. The number of ether oxygens (including phenoxy) is 2. The van der Waals surface area contributed by atoms with Crippen LogP contribution in [0.4, 0.5) is 0 Å². The van der Waals surface area contributed by atoms with Crippen LogP contribution in [0.2, 0.25) is 0 Å². The van der Waals surface area contributed by atoms with Gasteiger partial charge in [-0.1, -0.05) is 31.2 Å². The fourth-order valence-corrected chi connectivity index (χ4v) is 3.32.